The van der Waals surface area contributed by atoms with E-state index in [2.05, 4.69) is 15.5 Å². The molecule has 0 bridgehead atoms. The van der Waals surface area contributed by atoms with Crippen molar-refractivity contribution >= 4 is 29.1 Å². The molecule has 3 aromatic heterocycles. The van der Waals surface area contributed by atoms with Gasteiger partial charge in [-0.1, -0.05) is 6.07 Å². The van der Waals surface area contributed by atoms with E-state index in [-0.39, 0.29) is 5.91 Å². The molecule has 0 aliphatic rings. The normalized spacial score (nSPS) is 11.2. The Balaban J connectivity index is 1.70. The van der Waals surface area contributed by atoms with Crippen molar-refractivity contribution in [1.29, 1.82) is 0 Å². The Hall–Kier alpha value is -2.47. The lowest BCUT2D eigenvalue weighted by atomic mass is 10.3. The lowest BCUT2D eigenvalue weighted by molar-refractivity contribution is 0.0959. The van der Waals surface area contributed by atoms with Crippen LogP contribution >= 0.6 is 11.3 Å². The fourth-order valence-corrected chi connectivity index (χ4v) is 2.26. The Kier molecular flexibility index (Phi) is 3.07. The molecule has 1 N–H and O–H groups in total. The topological polar surface area (TPSA) is 58.8 Å². The quantitative estimate of drug-likeness (QED) is 0.585. The minimum absolute atomic E-state index is 0.199. The molecule has 3 aromatic rings. The van der Waals surface area contributed by atoms with Crippen LogP contribution in [0.15, 0.2) is 53.3 Å². The number of fused-ring (bicyclic) bond motifs is 1. The van der Waals surface area contributed by atoms with Crippen molar-refractivity contribution in [1.82, 2.24) is 14.8 Å². The average molecular weight is 270 g/mol. The zero-order valence-corrected chi connectivity index (χ0v) is 10.7. The van der Waals surface area contributed by atoms with Crippen LogP contribution in [0.5, 0.6) is 0 Å². The number of rotatable bonds is 3. The number of aromatic nitrogens is 2. The van der Waals surface area contributed by atoms with Crippen molar-refractivity contribution in [3.63, 3.8) is 0 Å². The largest absolute Gasteiger partial charge is 0.306 e. The van der Waals surface area contributed by atoms with Crippen LogP contribution in [0.1, 0.15) is 15.2 Å². The van der Waals surface area contributed by atoms with Crippen molar-refractivity contribution < 1.29 is 4.79 Å². The van der Waals surface area contributed by atoms with E-state index in [1.807, 2.05) is 40.4 Å². The van der Waals surface area contributed by atoms with Crippen molar-refractivity contribution in [2.75, 3.05) is 0 Å². The van der Waals surface area contributed by atoms with Gasteiger partial charge in [-0.2, -0.15) is 5.10 Å². The Morgan fingerprint density at radius 2 is 2.37 bits per heavy atom. The summed E-state index contributed by atoms with van der Waals surface area (Å²) in [5, 5.41) is 5.79. The highest BCUT2D eigenvalue weighted by Gasteiger charge is 2.03. The summed E-state index contributed by atoms with van der Waals surface area (Å²) in [7, 11) is 0. The SMILES string of the molecule is O=C(N/N=C/c1ccc2nccn2c1)c1cccs1. The maximum absolute atomic E-state index is 11.6. The lowest BCUT2D eigenvalue weighted by Crippen LogP contribution is -2.16. The lowest BCUT2D eigenvalue weighted by Gasteiger charge is -1.97. The summed E-state index contributed by atoms with van der Waals surface area (Å²) in [4.78, 5) is 16.4. The van der Waals surface area contributed by atoms with E-state index in [1.165, 1.54) is 11.3 Å². The van der Waals surface area contributed by atoms with E-state index in [4.69, 9.17) is 0 Å². The number of hydrazone groups is 1. The molecule has 94 valence electrons. The third-order valence-corrected chi connectivity index (χ3v) is 3.40. The molecule has 0 saturated heterocycles. The standard InChI is InChI=1S/C13H10N4OS/c18-13(11-2-1-7-19-11)16-15-8-10-3-4-12-14-5-6-17(12)9-10/h1-9H,(H,16,18)/b15-8+. The zero-order chi connectivity index (χ0) is 13.1. The number of nitrogens with one attached hydrogen (secondary N) is 1. The van der Waals surface area contributed by atoms with Crippen LogP contribution < -0.4 is 5.43 Å². The summed E-state index contributed by atoms with van der Waals surface area (Å²) in [6.45, 7) is 0. The predicted molar refractivity (Wildman–Crippen MR) is 74.6 cm³/mol. The molecule has 0 fully saturated rings. The molecule has 0 saturated carbocycles. The van der Waals surface area contributed by atoms with Crippen LogP contribution in [0.3, 0.4) is 0 Å². The van der Waals surface area contributed by atoms with Crippen LogP contribution in [0.25, 0.3) is 5.65 Å². The summed E-state index contributed by atoms with van der Waals surface area (Å²) in [5.74, 6) is -0.199. The summed E-state index contributed by atoms with van der Waals surface area (Å²) in [6, 6.07) is 7.37. The van der Waals surface area contributed by atoms with E-state index < -0.39 is 0 Å². The first-order valence-corrected chi connectivity index (χ1v) is 6.50. The van der Waals surface area contributed by atoms with E-state index >= 15 is 0 Å². The highest BCUT2D eigenvalue weighted by atomic mass is 32.1. The number of carbonyl (C=O) groups is 1. The molecule has 0 aromatic carbocycles. The van der Waals surface area contributed by atoms with Crippen LogP contribution in [-0.4, -0.2) is 21.5 Å². The van der Waals surface area contributed by atoms with Crippen LogP contribution in [0, 0.1) is 0 Å². The van der Waals surface area contributed by atoms with Gasteiger partial charge in [-0.25, -0.2) is 10.4 Å². The Morgan fingerprint density at radius 1 is 1.42 bits per heavy atom. The molecule has 0 radical (unpaired) electrons. The van der Waals surface area contributed by atoms with Gasteiger partial charge in [0.15, 0.2) is 0 Å². The second-order valence-corrected chi connectivity index (χ2v) is 4.78. The highest BCUT2D eigenvalue weighted by Crippen LogP contribution is 2.07. The second kappa shape index (κ2) is 5.03. The number of pyridine rings is 1. The third-order valence-electron chi connectivity index (χ3n) is 2.54. The molecule has 3 heterocycles. The van der Waals surface area contributed by atoms with Crippen molar-refractivity contribution in [3.8, 4) is 0 Å². The van der Waals surface area contributed by atoms with Gasteiger partial charge in [0.25, 0.3) is 5.91 Å². The average Bonchev–Trinajstić information content (AvgIpc) is 3.09. The van der Waals surface area contributed by atoms with E-state index in [1.54, 1.807) is 18.5 Å². The number of nitrogens with zero attached hydrogens (tertiary/aromatic N) is 3. The second-order valence-electron chi connectivity index (χ2n) is 3.83. The molecular formula is C13H10N4OS. The van der Waals surface area contributed by atoms with Gasteiger partial charge in [-0.3, -0.25) is 4.79 Å². The van der Waals surface area contributed by atoms with Gasteiger partial charge in [-0.05, 0) is 23.6 Å². The number of amides is 1. The number of thiophene rings is 1. The molecular weight excluding hydrogens is 260 g/mol. The third kappa shape index (κ3) is 2.53. The molecule has 1 amide bonds. The first-order valence-electron chi connectivity index (χ1n) is 5.62. The molecule has 6 heteroatoms. The van der Waals surface area contributed by atoms with Gasteiger partial charge >= 0.3 is 0 Å². The maximum Gasteiger partial charge on any atom is 0.281 e. The Labute approximate surface area is 113 Å². The van der Waals surface area contributed by atoms with Crippen LogP contribution in [-0.2, 0) is 0 Å². The van der Waals surface area contributed by atoms with Gasteiger partial charge in [0.05, 0.1) is 11.1 Å². The molecule has 0 unspecified atom stereocenters. The first kappa shape index (κ1) is 11.6. The highest BCUT2D eigenvalue weighted by molar-refractivity contribution is 7.12. The number of hydrogen-bond acceptors (Lipinski definition) is 4. The molecule has 0 aliphatic heterocycles. The summed E-state index contributed by atoms with van der Waals surface area (Å²) in [6.07, 6.45) is 7.08. The molecule has 0 atom stereocenters. The molecule has 0 aliphatic carbocycles. The minimum Gasteiger partial charge on any atom is -0.306 e. The molecule has 0 spiro atoms. The van der Waals surface area contributed by atoms with Gasteiger partial charge < -0.3 is 4.40 Å². The molecule has 5 nitrogen and oxygen atoms in total. The van der Waals surface area contributed by atoms with E-state index in [0.717, 1.165) is 11.2 Å². The van der Waals surface area contributed by atoms with Gasteiger partial charge in [0.1, 0.15) is 5.65 Å². The van der Waals surface area contributed by atoms with Crippen molar-refractivity contribution in [2.24, 2.45) is 5.10 Å². The van der Waals surface area contributed by atoms with E-state index in [9.17, 15) is 4.79 Å². The predicted octanol–water partition coefficient (Wildman–Crippen LogP) is 2.16. The number of carbonyl (C=O) groups excluding carboxylic acids is 1. The maximum atomic E-state index is 11.6. The Bertz CT molecular complexity index is 730. The fourth-order valence-electron chi connectivity index (χ4n) is 1.64. The van der Waals surface area contributed by atoms with Gasteiger partial charge in [0, 0.05) is 24.2 Å². The van der Waals surface area contributed by atoms with Crippen molar-refractivity contribution in [3.05, 3.63) is 58.7 Å². The summed E-state index contributed by atoms with van der Waals surface area (Å²) in [5.41, 5.74) is 4.25. The molecule has 19 heavy (non-hydrogen) atoms. The van der Waals surface area contributed by atoms with Crippen LogP contribution in [0.4, 0.5) is 0 Å². The van der Waals surface area contributed by atoms with Crippen molar-refractivity contribution in [2.45, 2.75) is 0 Å². The number of hydrogen-bond donors (Lipinski definition) is 1. The van der Waals surface area contributed by atoms with Crippen LogP contribution in [0.2, 0.25) is 0 Å². The summed E-state index contributed by atoms with van der Waals surface area (Å²) >= 11 is 1.38. The first-order chi connectivity index (χ1) is 9.33. The number of imidazole rings is 1. The Morgan fingerprint density at radius 3 is 3.21 bits per heavy atom. The fraction of sp³-hybridized carbons (Fsp3) is 0. The van der Waals surface area contributed by atoms with E-state index in [0.29, 0.717) is 4.88 Å². The minimum atomic E-state index is -0.199. The molecule has 3 rings (SSSR count). The monoisotopic (exact) mass is 270 g/mol. The summed E-state index contributed by atoms with van der Waals surface area (Å²) < 4.78 is 1.89. The van der Waals surface area contributed by atoms with Gasteiger partial charge in [-0.15, -0.1) is 11.3 Å². The zero-order valence-electron chi connectivity index (χ0n) is 9.85. The smallest absolute Gasteiger partial charge is 0.281 e. The van der Waals surface area contributed by atoms with Gasteiger partial charge in [0.2, 0.25) is 0 Å².